The van der Waals surface area contributed by atoms with Crippen LogP contribution in [0.25, 0.3) is 0 Å². The van der Waals surface area contributed by atoms with E-state index >= 15 is 0 Å². The van der Waals surface area contributed by atoms with Crippen LogP contribution >= 0.6 is 0 Å². The first-order chi connectivity index (χ1) is 9.61. The number of hydrogen-bond acceptors (Lipinski definition) is 3. The number of carboxylic acid groups (broad SMARTS) is 1. The molecule has 0 unspecified atom stereocenters. The molecule has 0 atom stereocenters. The molecule has 0 radical (unpaired) electrons. The number of aryl methyl sites for hydroxylation is 2. The van der Waals surface area contributed by atoms with Crippen LogP contribution in [-0.4, -0.2) is 20.9 Å². The van der Waals surface area contributed by atoms with Crippen molar-refractivity contribution in [2.45, 2.75) is 26.4 Å². The summed E-state index contributed by atoms with van der Waals surface area (Å²) in [6, 6.07) is 7.87. The highest BCUT2D eigenvalue weighted by Gasteiger charge is 2.15. The summed E-state index contributed by atoms with van der Waals surface area (Å²) in [5.74, 6) is -0.266. The number of benzene rings is 1. The average Bonchev–Trinajstić information content (AvgIpc) is 2.80. The normalized spacial score (nSPS) is 10.5. The Morgan fingerprint density at radius 2 is 2.05 bits per heavy atom. The first-order valence-electron chi connectivity index (χ1n) is 6.57. The van der Waals surface area contributed by atoms with Gasteiger partial charge in [-0.25, -0.2) is 4.79 Å². The Morgan fingerprint density at radius 1 is 1.35 bits per heavy atom. The zero-order valence-electron chi connectivity index (χ0n) is 11.7. The summed E-state index contributed by atoms with van der Waals surface area (Å²) in [7, 11) is 1.70. The zero-order valence-corrected chi connectivity index (χ0v) is 11.7. The maximum absolute atomic E-state index is 11.1. The van der Waals surface area contributed by atoms with Gasteiger partial charge in [-0.2, -0.15) is 5.10 Å². The van der Waals surface area contributed by atoms with Crippen LogP contribution in [0.4, 0.5) is 0 Å². The lowest BCUT2D eigenvalue weighted by atomic mass is 10.1. The summed E-state index contributed by atoms with van der Waals surface area (Å²) < 4.78 is 7.15. The van der Waals surface area contributed by atoms with Crippen LogP contribution in [0.2, 0.25) is 0 Å². The molecule has 1 aromatic heterocycles. The van der Waals surface area contributed by atoms with E-state index in [1.54, 1.807) is 7.05 Å². The Kier molecular flexibility index (Phi) is 4.40. The number of hydrogen-bond donors (Lipinski definition) is 1. The second kappa shape index (κ2) is 6.23. The van der Waals surface area contributed by atoms with Crippen molar-refractivity contribution in [2.75, 3.05) is 0 Å². The molecule has 5 nitrogen and oxygen atoms in total. The Balaban J connectivity index is 2.05. The molecule has 0 amide bonds. The van der Waals surface area contributed by atoms with Gasteiger partial charge in [0.25, 0.3) is 0 Å². The number of aromatic carboxylic acids is 1. The van der Waals surface area contributed by atoms with Gasteiger partial charge in [0.05, 0.1) is 11.9 Å². The third kappa shape index (κ3) is 3.17. The van der Waals surface area contributed by atoms with Gasteiger partial charge >= 0.3 is 5.97 Å². The van der Waals surface area contributed by atoms with E-state index in [1.165, 1.54) is 16.4 Å². The Morgan fingerprint density at radius 3 is 2.65 bits per heavy atom. The van der Waals surface area contributed by atoms with Gasteiger partial charge in [0.2, 0.25) is 0 Å². The van der Waals surface area contributed by atoms with Crippen LogP contribution in [-0.2, 0) is 20.1 Å². The predicted molar refractivity (Wildman–Crippen MR) is 74.9 cm³/mol. The van der Waals surface area contributed by atoms with Gasteiger partial charge in [-0.1, -0.05) is 25.5 Å². The zero-order chi connectivity index (χ0) is 14.5. The fourth-order valence-electron chi connectivity index (χ4n) is 2.01. The number of nitrogens with zero attached hydrogens (tertiary/aromatic N) is 2. The van der Waals surface area contributed by atoms with E-state index in [0.717, 1.165) is 18.6 Å². The molecular weight excluding hydrogens is 256 g/mol. The van der Waals surface area contributed by atoms with Gasteiger partial charge in [0.1, 0.15) is 17.9 Å². The van der Waals surface area contributed by atoms with E-state index in [0.29, 0.717) is 5.69 Å². The molecule has 0 fully saturated rings. The van der Waals surface area contributed by atoms with Crippen LogP contribution in [0.5, 0.6) is 5.75 Å². The average molecular weight is 274 g/mol. The van der Waals surface area contributed by atoms with E-state index in [-0.39, 0.29) is 12.2 Å². The van der Waals surface area contributed by atoms with Crippen molar-refractivity contribution < 1.29 is 14.6 Å². The molecule has 0 spiro atoms. The van der Waals surface area contributed by atoms with Crippen LogP contribution in [0.1, 0.15) is 35.0 Å². The monoisotopic (exact) mass is 274 g/mol. The molecule has 20 heavy (non-hydrogen) atoms. The van der Waals surface area contributed by atoms with Gasteiger partial charge in [-0.15, -0.1) is 0 Å². The molecular formula is C15H18N2O3. The van der Waals surface area contributed by atoms with Gasteiger partial charge in [0.15, 0.2) is 0 Å². The number of ether oxygens (including phenoxy) is 1. The number of aromatic nitrogens is 2. The molecule has 1 N–H and O–H groups in total. The molecule has 2 aromatic rings. The van der Waals surface area contributed by atoms with Gasteiger partial charge in [-0.3, -0.25) is 4.68 Å². The summed E-state index contributed by atoms with van der Waals surface area (Å²) >= 11 is 0. The molecule has 0 saturated carbocycles. The van der Waals surface area contributed by atoms with E-state index in [9.17, 15) is 4.79 Å². The van der Waals surface area contributed by atoms with Crippen molar-refractivity contribution in [3.05, 3.63) is 47.3 Å². The van der Waals surface area contributed by atoms with Crippen molar-refractivity contribution in [1.82, 2.24) is 9.78 Å². The highest BCUT2D eigenvalue weighted by molar-refractivity contribution is 5.88. The summed E-state index contributed by atoms with van der Waals surface area (Å²) in [5.41, 5.74) is 2.00. The molecule has 0 bridgehead atoms. The molecule has 106 valence electrons. The highest BCUT2D eigenvalue weighted by Crippen LogP contribution is 2.16. The van der Waals surface area contributed by atoms with E-state index in [2.05, 4.69) is 12.0 Å². The molecule has 1 heterocycles. The van der Waals surface area contributed by atoms with Crippen molar-refractivity contribution in [2.24, 2.45) is 7.05 Å². The molecule has 0 aliphatic heterocycles. The summed E-state index contributed by atoms with van der Waals surface area (Å²) in [6.07, 6.45) is 3.49. The topological polar surface area (TPSA) is 64.3 Å². The Hall–Kier alpha value is -2.30. The first kappa shape index (κ1) is 14.1. The lowest BCUT2D eigenvalue weighted by Gasteiger charge is -2.08. The molecule has 0 aliphatic carbocycles. The third-order valence-corrected chi connectivity index (χ3v) is 3.13. The predicted octanol–water partition coefficient (Wildman–Crippen LogP) is 2.65. The minimum absolute atomic E-state index is 0.176. The van der Waals surface area contributed by atoms with Crippen LogP contribution in [0, 0.1) is 0 Å². The van der Waals surface area contributed by atoms with Gasteiger partial charge in [-0.05, 0) is 24.1 Å². The van der Waals surface area contributed by atoms with E-state index < -0.39 is 5.97 Å². The number of carboxylic acids is 1. The maximum atomic E-state index is 11.1. The lowest BCUT2D eigenvalue weighted by Crippen LogP contribution is -2.08. The van der Waals surface area contributed by atoms with Crippen LogP contribution in [0.3, 0.4) is 0 Å². The van der Waals surface area contributed by atoms with Crippen molar-refractivity contribution in [3.63, 3.8) is 0 Å². The quantitative estimate of drug-likeness (QED) is 0.879. The smallest absolute Gasteiger partial charge is 0.339 e. The highest BCUT2D eigenvalue weighted by atomic mass is 16.5. The number of carbonyl (C=O) groups is 1. The van der Waals surface area contributed by atoms with Gasteiger partial charge in [0, 0.05) is 7.05 Å². The van der Waals surface area contributed by atoms with Crippen LogP contribution < -0.4 is 4.74 Å². The third-order valence-electron chi connectivity index (χ3n) is 3.13. The molecule has 2 rings (SSSR count). The molecule has 0 saturated heterocycles. The second-order valence-electron chi connectivity index (χ2n) is 4.62. The SMILES string of the molecule is CCCc1ccc(OCc2c(C(=O)O)cnn2C)cc1. The largest absolute Gasteiger partial charge is 0.487 e. The van der Waals surface area contributed by atoms with Gasteiger partial charge < -0.3 is 9.84 Å². The summed E-state index contributed by atoms with van der Waals surface area (Å²) in [5, 5.41) is 13.0. The fraction of sp³-hybridized carbons (Fsp3) is 0.333. The standard InChI is InChI=1S/C15H18N2O3/c1-3-4-11-5-7-12(8-6-11)20-10-14-13(15(18)19)9-16-17(14)2/h5-9H,3-4,10H2,1-2H3,(H,18,19). The number of rotatable bonds is 6. The van der Waals surface area contributed by atoms with Crippen molar-refractivity contribution >= 4 is 5.97 Å². The van der Waals surface area contributed by atoms with Crippen molar-refractivity contribution in [1.29, 1.82) is 0 Å². The Labute approximate surface area is 117 Å². The minimum atomic E-state index is -0.991. The molecule has 5 heteroatoms. The summed E-state index contributed by atoms with van der Waals surface area (Å²) in [4.78, 5) is 11.1. The fourth-order valence-corrected chi connectivity index (χ4v) is 2.01. The lowest BCUT2D eigenvalue weighted by molar-refractivity contribution is 0.0693. The molecule has 0 aliphatic rings. The maximum Gasteiger partial charge on any atom is 0.339 e. The van der Waals surface area contributed by atoms with E-state index in [4.69, 9.17) is 9.84 Å². The van der Waals surface area contributed by atoms with Crippen LogP contribution in [0.15, 0.2) is 30.5 Å². The van der Waals surface area contributed by atoms with Crippen molar-refractivity contribution in [3.8, 4) is 5.75 Å². The minimum Gasteiger partial charge on any atom is -0.487 e. The summed E-state index contributed by atoms with van der Waals surface area (Å²) in [6.45, 7) is 2.32. The first-order valence-corrected chi connectivity index (χ1v) is 6.57. The second-order valence-corrected chi connectivity index (χ2v) is 4.62. The van der Waals surface area contributed by atoms with E-state index in [1.807, 2.05) is 24.3 Å². The Bertz CT molecular complexity index is 588. The molecule has 1 aromatic carbocycles.